The standard InChI is InChI=1S/C11H16N2O4S/c1-3-4-17-10(16)13-9-12-8(5-18-9)11(2,6-14)7-15/h3,5,14-15H,1,4,6-7H2,2H3,(H,12,13,16). The molecule has 18 heavy (non-hydrogen) atoms. The number of amides is 1. The van der Waals surface area contributed by atoms with Gasteiger partial charge in [-0.05, 0) is 6.92 Å². The Kier molecular flexibility index (Phi) is 5.26. The van der Waals surface area contributed by atoms with E-state index >= 15 is 0 Å². The number of anilines is 1. The van der Waals surface area contributed by atoms with Gasteiger partial charge in [-0.2, -0.15) is 0 Å². The molecule has 7 heteroatoms. The van der Waals surface area contributed by atoms with E-state index < -0.39 is 11.5 Å². The number of aromatic nitrogens is 1. The number of hydrogen-bond acceptors (Lipinski definition) is 6. The Labute approximate surface area is 109 Å². The normalized spacial score (nSPS) is 11.1. The third-order valence-corrected chi connectivity index (χ3v) is 3.12. The van der Waals surface area contributed by atoms with Crippen molar-refractivity contribution in [2.24, 2.45) is 0 Å². The number of aliphatic hydroxyl groups is 2. The highest BCUT2D eigenvalue weighted by atomic mass is 32.1. The number of nitrogens with one attached hydrogen (secondary N) is 1. The van der Waals surface area contributed by atoms with Crippen molar-refractivity contribution in [3.63, 3.8) is 0 Å². The fourth-order valence-corrected chi connectivity index (χ4v) is 1.93. The van der Waals surface area contributed by atoms with Crippen LogP contribution in [0.2, 0.25) is 0 Å². The number of thiazole rings is 1. The Balaban J connectivity index is 2.68. The van der Waals surface area contributed by atoms with E-state index in [4.69, 9.17) is 4.74 Å². The monoisotopic (exact) mass is 272 g/mol. The first-order valence-corrected chi connectivity index (χ1v) is 6.16. The molecular formula is C11H16N2O4S. The SMILES string of the molecule is C=CCOC(=O)Nc1nc(C(C)(CO)CO)cs1. The van der Waals surface area contributed by atoms with Crippen LogP contribution in [0.5, 0.6) is 0 Å². The first kappa shape index (κ1) is 14.6. The third-order valence-electron chi connectivity index (χ3n) is 2.36. The average molecular weight is 272 g/mol. The maximum Gasteiger partial charge on any atom is 0.413 e. The summed E-state index contributed by atoms with van der Waals surface area (Å²) in [5.41, 5.74) is -0.293. The lowest BCUT2D eigenvalue weighted by Crippen LogP contribution is -2.31. The predicted octanol–water partition coefficient (Wildman–Crippen LogP) is 1.12. The largest absolute Gasteiger partial charge is 0.445 e. The van der Waals surface area contributed by atoms with E-state index in [0.29, 0.717) is 10.8 Å². The molecular weight excluding hydrogens is 256 g/mol. The molecule has 0 atom stereocenters. The van der Waals surface area contributed by atoms with Gasteiger partial charge in [-0.25, -0.2) is 9.78 Å². The molecule has 1 aromatic heterocycles. The third kappa shape index (κ3) is 3.52. The van der Waals surface area contributed by atoms with Gasteiger partial charge in [0.1, 0.15) is 6.61 Å². The summed E-state index contributed by atoms with van der Waals surface area (Å²) in [6.07, 6.45) is 0.840. The van der Waals surface area contributed by atoms with Gasteiger partial charge in [-0.15, -0.1) is 11.3 Å². The van der Waals surface area contributed by atoms with Crippen molar-refractivity contribution in [3.05, 3.63) is 23.7 Å². The first-order chi connectivity index (χ1) is 8.55. The quantitative estimate of drug-likeness (QED) is 0.675. The Morgan fingerprint density at radius 2 is 2.33 bits per heavy atom. The first-order valence-electron chi connectivity index (χ1n) is 5.28. The summed E-state index contributed by atoms with van der Waals surface area (Å²) < 4.78 is 4.74. The van der Waals surface area contributed by atoms with E-state index in [1.54, 1.807) is 12.3 Å². The molecule has 0 spiro atoms. The zero-order valence-corrected chi connectivity index (χ0v) is 10.9. The van der Waals surface area contributed by atoms with Crippen LogP contribution in [-0.2, 0) is 10.2 Å². The molecule has 3 N–H and O–H groups in total. The summed E-state index contributed by atoms with van der Waals surface area (Å²) in [5, 5.41) is 22.9. The topological polar surface area (TPSA) is 91.7 Å². The van der Waals surface area contributed by atoms with Crippen LogP contribution >= 0.6 is 11.3 Å². The lowest BCUT2D eigenvalue weighted by atomic mass is 9.90. The van der Waals surface area contributed by atoms with E-state index in [1.165, 1.54) is 17.4 Å². The number of rotatable bonds is 6. The fraction of sp³-hybridized carbons (Fsp3) is 0.455. The van der Waals surface area contributed by atoms with Crippen LogP contribution in [0.25, 0.3) is 0 Å². The average Bonchev–Trinajstić information content (AvgIpc) is 2.84. The highest BCUT2D eigenvalue weighted by molar-refractivity contribution is 7.13. The molecule has 0 aliphatic heterocycles. The van der Waals surface area contributed by atoms with E-state index in [2.05, 4.69) is 16.9 Å². The minimum atomic E-state index is -0.818. The van der Waals surface area contributed by atoms with Crippen LogP contribution in [0.15, 0.2) is 18.0 Å². The van der Waals surface area contributed by atoms with Gasteiger partial charge in [-0.3, -0.25) is 5.32 Å². The lowest BCUT2D eigenvalue weighted by molar-refractivity contribution is 0.127. The second-order valence-corrected chi connectivity index (χ2v) is 4.79. The minimum absolute atomic E-state index is 0.120. The van der Waals surface area contributed by atoms with Crippen LogP contribution < -0.4 is 5.32 Å². The van der Waals surface area contributed by atoms with Crippen molar-refractivity contribution < 1.29 is 19.7 Å². The van der Waals surface area contributed by atoms with Gasteiger partial charge in [0.15, 0.2) is 5.13 Å². The molecule has 1 aromatic rings. The number of carbonyl (C=O) groups excluding carboxylic acids is 1. The summed E-state index contributed by atoms with van der Waals surface area (Å²) in [4.78, 5) is 15.4. The van der Waals surface area contributed by atoms with Crippen LogP contribution in [0.3, 0.4) is 0 Å². The fourth-order valence-electron chi connectivity index (χ4n) is 1.08. The maximum atomic E-state index is 11.3. The van der Waals surface area contributed by atoms with Gasteiger partial charge in [0, 0.05) is 5.38 Å². The summed E-state index contributed by atoms with van der Waals surface area (Å²) in [5.74, 6) is 0. The summed E-state index contributed by atoms with van der Waals surface area (Å²) in [7, 11) is 0. The second-order valence-electron chi connectivity index (χ2n) is 3.93. The van der Waals surface area contributed by atoms with Gasteiger partial charge in [0.2, 0.25) is 0 Å². The molecule has 0 fully saturated rings. The summed E-state index contributed by atoms with van der Waals surface area (Å²) >= 11 is 1.20. The van der Waals surface area contributed by atoms with Crippen LogP contribution in [-0.4, -0.2) is 41.1 Å². The molecule has 0 aliphatic rings. The predicted molar refractivity (Wildman–Crippen MR) is 68.8 cm³/mol. The molecule has 0 aliphatic carbocycles. The molecule has 1 amide bonds. The highest BCUT2D eigenvalue weighted by Crippen LogP contribution is 2.26. The zero-order chi connectivity index (χ0) is 13.6. The van der Waals surface area contributed by atoms with Crippen molar-refractivity contribution >= 4 is 22.6 Å². The van der Waals surface area contributed by atoms with Gasteiger partial charge in [0.05, 0.1) is 24.3 Å². The van der Waals surface area contributed by atoms with Crippen LogP contribution in [0.4, 0.5) is 9.93 Å². The van der Waals surface area contributed by atoms with Crippen molar-refractivity contribution in [3.8, 4) is 0 Å². The van der Waals surface area contributed by atoms with Gasteiger partial charge in [0.25, 0.3) is 0 Å². The molecule has 100 valence electrons. The lowest BCUT2D eigenvalue weighted by Gasteiger charge is -2.21. The van der Waals surface area contributed by atoms with Crippen molar-refractivity contribution in [2.75, 3.05) is 25.1 Å². The summed E-state index contributed by atoms with van der Waals surface area (Å²) in [6.45, 7) is 4.77. The zero-order valence-electron chi connectivity index (χ0n) is 10.0. The minimum Gasteiger partial charge on any atom is -0.445 e. The molecule has 1 rings (SSSR count). The van der Waals surface area contributed by atoms with Gasteiger partial charge in [-0.1, -0.05) is 12.7 Å². The van der Waals surface area contributed by atoms with Crippen molar-refractivity contribution in [1.82, 2.24) is 4.98 Å². The molecule has 0 unspecified atom stereocenters. The number of aliphatic hydroxyl groups excluding tert-OH is 2. The van der Waals surface area contributed by atoms with Gasteiger partial charge >= 0.3 is 6.09 Å². The number of nitrogens with zero attached hydrogens (tertiary/aromatic N) is 1. The maximum absolute atomic E-state index is 11.3. The Morgan fingerprint density at radius 3 is 2.89 bits per heavy atom. The number of hydrogen-bond donors (Lipinski definition) is 3. The molecule has 6 nitrogen and oxygen atoms in total. The second kappa shape index (κ2) is 6.48. The highest BCUT2D eigenvalue weighted by Gasteiger charge is 2.28. The number of carbonyl (C=O) groups is 1. The van der Waals surface area contributed by atoms with Crippen molar-refractivity contribution in [2.45, 2.75) is 12.3 Å². The van der Waals surface area contributed by atoms with Crippen molar-refractivity contribution in [1.29, 1.82) is 0 Å². The molecule has 0 saturated carbocycles. The smallest absolute Gasteiger partial charge is 0.413 e. The van der Waals surface area contributed by atoms with Crippen LogP contribution in [0, 0.1) is 0 Å². The molecule has 1 heterocycles. The molecule has 0 aromatic carbocycles. The van der Waals surface area contributed by atoms with E-state index in [-0.39, 0.29) is 19.8 Å². The summed E-state index contributed by atoms with van der Waals surface area (Å²) in [6, 6.07) is 0. The van der Waals surface area contributed by atoms with E-state index in [0.717, 1.165) is 0 Å². The molecule has 0 radical (unpaired) electrons. The Hall–Kier alpha value is -1.44. The number of ether oxygens (including phenoxy) is 1. The Bertz CT molecular complexity index is 415. The molecule has 0 bridgehead atoms. The van der Waals surface area contributed by atoms with E-state index in [1.807, 2.05) is 0 Å². The van der Waals surface area contributed by atoms with Gasteiger partial charge < -0.3 is 14.9 Å². The Morgan fingerprint density at radius 1 is 1.67 bits per heavy atom. The molecule has 0 saturated heterocycles. The van der Waals surface area contributed by atoms with Crippen LogP contribution in [0.1, 0.15) is 12.6 Å². The van der Waals surface area contributed by atoms with E-state index in [9.17, 15) is 15.0 Å².